The molecule has 1 aliphatic rings. The second kappa shape index (κ2) is 37.6. The molecule has 1 aliphatic heterocycles. The number of carboxylic acid groups (broad SMARTS) is 1. The molecule has 13 atom stereocenters. The van der Waals surface area contributed by atoms with Crippen molar-refractivity contribution in [2.45, 2.75) is 235 Å². The van der Waals surface area contributed by atoms with Crippen LogP contribution in [0.3, 0.4) is 0 Å². The van der Waals surface area contributed by atoms with Gasteiger partial charge in [0.05, 0.1) is 6.10 Å². The first kappa shape index (κ1) is 82.1. The van der Waals surface area contributed by atoms with Crippen molar-refractivity contribution in [3.8, 4) is 0 Å². The standard InChI is InChI=1S/C66H115N11O14/c1-25-27-29-42(15)55(80)54-59(84)69-45(26-2)61(86)71(18)46(30-28-31-51(78)79)62(87)72(19)48(33-37(5)6)58(83)70-52(40(11)12)65(90)73(20)47(32-36(3)4)57(82)67-43(16)56(81)68-44(17)60(85)74(21)49(34-38(7)8)63(88)75(22)50(35-39(9)10)64(89)76(23)53(41(13)14)66(91)77(54)24/h25,27-28,31,36-50,52-55,80H,26,29-30,32-35H2,1-24H3,(H,67,82)(H,68,81)(H,69,84)(H,70,83)(H,78,79)/b27-25+,31-28+/t42-,43+,44-,45+,46?,47+,48+,49+,50+,52+,53+,54+,55-/m1/s1. The summed E-state index contributed by atoms with van der Waals surface area (Å²) in [5, 5.41) is 32.8. The van der Waals surface area contributed by atoms with Gasteiger partial charge in [0.1, 0.15) is 66.5 Å². The molecule has 11 amide bonds. The van der Waals surface area contributed by atoms with Gasteiger partial charge in [-0.05, 0) is 107 Å². The molecular formula is C66H115N11O14. The summed E-state index contributed by atoms with van der Waals surface area (Å²) < 4.78 is 0. The minimum Gasteiger partial charge on any atom is -0.478 e. The fourth-order valence-electron chi connectivity index (χ4n) is 11.4. The van der Waals surface area contributed by atoms with E-state index in [0.717, 1.165) is 20.8 Å². The molecule has 1 saturated heterocycles. The zero-order chi connectivity index (χ0) is 70.5. The second-order valence-electron chi connectivity index (χ2n) is 27.3. The number of hydrogen-bond acceptors (Lipinski definition) is 13. The zero-order valence-electron chi connectivity index (χ0n) is 59.2. The highest BCUT2D eigenvalue weighted by Crippen LogP contribution is 2.26. The number of rotatable bonds is 18. The minimum atomic E-state index is -1.70. The molecule has 6 N–H and O–H groups in total. The van der Waals surface area contributed by atoms with E-state index in [-0.39, 0.29) is 68.6 Å². The molecule has 0 radical (unpaired) electrons. The van der Waals surface area contributed by atoms with Gasteiger partial charge in [0.25, 0.3) is 0 Å². The highest BCUT2D eigenvalue weighted by atomic mass is 16.4. The Balaban J connectivity index is 4.54. The van der Waals surface area contributed by atoms with Gasteiger partial charge in [0.15, 0.2) is 0 Å². The maximum atomic E-state index is 15.3. The number of aliphatic hydroxyl groups is 1. The van der Waals surface area contributed by atoms with Crippen molar-refractivity contribution in [3.63, 3.8) is 0 Å². The molecule has 1 fully saturated rings. The Labute approximate surface area is 542 Å². The van der Waals surface area contributed by atoms with Gasteiger partial charge in [-0.15, -0.1) is 0 Å². The number of aliphatic hydroxyl groups excluding tert-OH is 1. The molecule has 91 heavy (non-hydrogen) atoms. The number of carbonyl (C=O) groups is 12. The molecule has 0 aliphatic carbocycles. The topological polar surface area (TPSA) is 316 Å². The van der Waals surface area contributed by atoms with Gasteiger partial charge in [-0.3, -0.25) is 52.7 Å². The van der Waals surface area contributed by atoms with E-state index in [1.165, 1.54) is 88.9 Å². The first-order chi connectivity index (χ1) is 42.0. The normalized spacial score (nSPS) is 26.8. The molecule has 0 bridgehead atoms. The number of aliphatic carboxylic acids is 1. The van der Waals surface area contributed by atoms with Crippen LogP contribution in [-0.4, -0.2) is 237 Å². The second-order valence-corrected chi connectivity index (χ2v) is 27.3. The van der Waals surface area contributed by atoms with Crippen molar-refractivity contribution in [3.05, 3.63) is 24.3 Å². The molecule has 0 aromatic heterocycles. The minimum absolute atomic E-state index is 0.0427. The summed E-state index contributed by atoms with van der Waals surface area (Å²) in [5.74, 6) is -12.2. The third-order valence-electron chi connectivity index (χ3n) is 17.0. The van der Waals surface area contributed by atoms with Crippen molar-refractivity contribution in [2.75, 3.05) is 49.3 Å². The fourth-order valence-corrected chi connectivity index (χ4v) is 11.4. The molecule has 0 aromatic carbocycles. The number of carbonyl (C=O) groups excluding carboxylic acids is 11. The van der Waals surface area contributed by atoms with Gasteiger partial charge < -0.3 is 65.8 Å². The quantitative estimate of drug-likeness (QED) is 0.0843. The van der Waals surface area contributed by atoms with Crippen molar-refractivity contribution in [1.29, 1.82) is 0 Å². The van der Waals surface area contributed by atoms with Crippen LogP contribution in [0, 0.1) is 41.4 Å². The number of likely N-dealkylation sites (N-methyl/N-ethyl adjacent to an activating group) is 7. The molecule has 1 heterocycles. The number of nitrogens with zero attached hydrogens (tertiary/aromatic N) is 7. The summed E-state index contributed by atoms with van der Waals surface area (Å²) in [7, 11) is 9.63. The number of allylic oxidation sites excluding steroid dienone is 2. The summed E-state index contributed by atoms with van der Waals surface area (Å²) in [5.41, 5.74) is 0. The van der Waals surface area contributed by atoms with E-state index < -0.39 is 161 Å². The van der Waals surface area contributed by atoms with E-state index in [0.29, 0.717) is 0 Å². The van der Waals surface area contributed by atoms with Crippen LogP contribution in [-0.2, 0) is 57.5 Å². The van der Waals surface area contributed by atoms with Crippen LogP contribution in [0.1, 0.15) is 163 Å². The Morgan fingerprint density at radius 3 is 1.29 bits per heavy atom. The predicted molar refractivity (Wildman–Crippen MR) is 349 cm³/mol. The molecule has 518 valence electrons. The van der Waals surface area contributed by atoms with Crippen LogP contribution in [0.2, 0.25) is 0 Å². The molecule has 25 heteroatoms. The van der Waals surface area contributed by atoms with Crippen molar-refractivity contribution in [1.82, 2.24) is 55.6 Å². The van der Waals surface area contributed by atoms with Gasteiger partial charge in [-0.1, -0.05) is 115 Å². The lowest BCUT2D eigenvalue weighted by atomic mass is 9.91. The molecule has 1 rings (SSSR count). The van der Waals surface area contributed by atoms with Crippen molar-refractivity contribution < 1.29 is 67.7 Å². The highest BCUT2D eigenvalue weighted by Gasteiger charge is 2.46. The molecule has 0 spiro atoms. The van der Waals surface area contributed by atoms with E-state index >= 15 is 24.0 Å². The maximum Gasteiger partial charge on any atom is 0.327 e. The van der Waals surface area contributed by atoms with Crippen LogP contribution in [0.25, 0.3) is 0 Å². The fraction of sp³-hybridized carbons (Fsp3) is 0.758. The monoisotopic (exact) mass is 1290 g/mol. The van der Waals surface area contributed by atoms with Crippen LogP contribution < -0.4 is 21.3 Å². The van der Waals surface area contributed by atoms with E-state index in [1.54, 1.807) is 60.6 Å². The average Bonchev–Trinajstić information content (AvgIpc) is 0.906. The number of hydrogen-bond donors (Lipinski definition) is 6. The predicted octanol–water partition coefficient (Wildman–Crippen LogP) is 3.67. The molecule has 0 aromatic rings. The Morgan fingerprint density at radius 1 is 0.451 bits per heavy atom. The lowest BCUT2D eigenvalue weighted by molar-refractivity contribution is -0.157. The lowest BCUT2D eigenvalue weighted by Crippen LogP contribution is -2.64. The molecule has 25 nitrogen and oxygen atoms in total. The Bertz CT molecular complexity index is 2570. The summed E-state index contributed by atoms with van der Waals surface area (Å²) in [6.45, 7) is 29.4. The zero-order valence-corrected chi connectivity index (χ0v) is 59.2. The summed E-state index contributed by atoms with van der Waals surface area (Å²) >= 11 is 0. The summed E-state index contributed by atoms with van der Waals surface area (Å²) in [4.78, 5) is 183. The van der Waals surface area contributed by atoms with Crippen LogP contribution >= 0.6 is 0 Å². The number of carboxylic acids is 1. The highest BCUT2D eigenvalue weighted by molar-refractivity contribution is 6.00. The Kier molecular flexibility index (Phi) is 33.9. The smallest absolute Gasteiger partial charge is 0.327 e. The van der Waals surface area contributed by atoms with Gasteiger partial charge >= 0.3 is 5.97 Å². The average molecular weight is 1290 g/mol. The Morgan fingerprint density at radius 2 is 0.846 bits per heavy atom. The summed E-state index contributed by atoms with van der Waals surface area (Å²) in [6.07, 6.45) is 4.13. The van der Waals surface area contributed by atoms with Crippen LogP contribution in [0.4, 0.5) is 0 Å². The third kappa shape index (κ3) is 23.3. The maximum absolute atomic E-state index is 15.3. The summed E-state index contributed by atoms with van der Waals surface area (Å²) in [6, 6.07) is -14.6. The van der Waals surface area contributed by atoms with Gasteiger partial charge in [0.2, 0.25) is 65.0 Å². The van der Waals surface area contributed by atoms with Crippen molar-refractivity contribution >= 4 is 70.9 Å². The lowest BCUT2D eigenvalue weighted by Gasteiger charge is -2.41. The molecular weight excluding hydrogens is 1170 g/mol. The first-order valence-corrected chi connectivity index (χ1v) is 32.3. The molecule has 0 saturated carbocycles. The number of nitrogens with one attached hydrogen (secondary N) is 4. The van der Waals surface area contributed by atoms with Crippen LogP contribution in [0.5, 0.6) is 0 Å². The van der Waals surface area contributed by atoms with Gasteiger partial charge in [0, 0.05) is 55.4 Å². The largest absolute Gasteiger partial charge is 0.478 e. The van der Waals surface area contributed by atoms with Crippen molar-refractivity contribution in [2.24, 2.45) is 41.4 Å². The Hall–Kier alpha value is -6.92. The number of amides is 11. The van der Waals surface area contributed by atoms with Gasteiger partial charge in [-0.2, -0.15) is 0 Å². The first-order valence-electron chi connectivity index (χ1n) is 32.3. The third-order valence-corrected chi connectivity index (χ3v) is 17.0. The molecule has 1 unspecified atom stereocenters. The van der Waals surface area contributed by atoms with E-state index in [4.69, 9.17) is 0 Å². The van der Waals surface area contributed by atoms with E-state index in [2.05, 4.69) is 21.3 Å². The van der Waals surface area contributed by atoms with Crippen LogP contribution in [0.15, 0.2) is 24.3 Å². The van der Waals surface area contributed by atoms with Gasteiger partial charge in [-0.25, -0.2) is 4.79 Å². The SMILES string of the molecule is C/C=C/C[C@@H](C)[C@@H](O)[C@H]1C(=O)N[C@@H](CC)C(=O)N(C)C(C/C=C/C(=O)O)C(=O)N(C)[C@@H](CC(C)C)C(=O)N[C@@H](C(C)C)C(=O)N(C)[C@@H](CC(C)C)C(=O)N[C@@H](C)C(=O)N[C@H](C)C(=O)N(C)[C@@H](CC(C)C)C(=O)N(C)[C@@H](CC(C)C)C(=O)N(C)[C@@H](C(C)C)C(=O)N1C. The van der Waals surface area contributed by atoms with E-state index in [9.17, 15) is 43.8 Å². The van der Waals surface area contributed by atoms with E-state index in [1.807, 2.05) is 55.4 Å².